The molecule has 3 aromatic carbocycles. The fourth-order valence-electron chi connectivity index (χ4n) is 2.15. The fraction of sp³-hybridized carbons (Fsp3) is 0. The predicted molar refractivity (Wildman–Crippen MR) is 79.3 cm³/mol. The molecular formula is C18H14. The summed E-state index contributed by atoms with van der Waals surface area (Å²) in [5.41, 5.74) is 2.49. The lowest BCUT2D eigenvalue weighted by Crippen LogP contribution is -1.77. The van der Waals surface area contributed by atoms with E-state index in [0.29, 0.717) is 0 Å². The summed E-state index contributed by atoms with van der Waals surface area (Å²) in [4.78, 5) is 0. The van der Waals surface area contributed by atoms with Crippen molar-refractivity contribution in [3.63, 3.8) is 0 Å². The molecule has 0 heterocycles. The van der Waals surface area contributed by atoms with Gasteiger partial charge >= 0.3 is 0 Å². The van der Waals surface area contributed by atoms with Crippen LogP contribution >= 0.6 is 0 Å². The van der Waals surface area contributed by atoms with Gasteiger partial charge in [0.2, 0.25) is 0 Å². The monoisotopic (exact) mass is 230 g/mol. The van der Waals surface area contributed by atoms with Gasteiger partial charge in [0.1, 0.15) is 0 Å². The lowest BCUT2D eigenvalue weighted by Gasteiger charge is -2.01. The lowest BCUT2D eigenvalue weighted by atomic mass is 10.0. The molecule has 0 aliphatic heterocycles. The summed E-state index contributed by atoms with van der Waals surface area (Å²) in [6.07, 6.45) is 4.33. The van der Waals surface area contributed by atoms with Crippen molar-refractivity contribution < 1.29 is 0 Å². The fourth-order valence-corrected chi connectivity index (χ4v) is 2.15. The molecule has 3 rings (SSSR count). The summed E-state index contributed by atoms with van der Waals surface area (Å²) < 4.78 is 0. The van der Waals surface area contributed by atoms with Crippen LogP contribution in [0.5, 0.6) is 0 Å². The van der Waals surface area contributed by atoms with Crippen LogP contribution in [0, 0.1) is 0 Å². The lowest BCUT2D eigenvalue weighted by molar-refractivity contribution is 1.66. The molecule has 0 radical (unpaired) electrons. The molecule has 3 aromatic rings. The molecule has 0 spiro atoms. The third-order valence-electron chi connectivity index (χ3n) is 3.08. The first-order valence-electron chi connectivity index (χ1n) is 6.14. The Hall–Kier alpha value is -2.34. The number of benzene rings is 3. The maximum atomic E-state index is 2.18. The van der Waals surface area contributed by atoms with Gasteiger partial charge in [0.05, 0.1) is 0 Å². The molecule has 0 fully saturated rings. The van der Waals surface area contributed by atoms with E-state index in [-0.39, 0.29) is 0 Å². The summed E-state index contributed by atoms with van der Waals surface area (Å²) >= 11 is 0. The van der Waals surface area contributed by atoms with E-state index in [1.165, 1.54) is 21.9 Å². The second-order valence-electron chi connectivity index (χ2n) is 4.31. The van der Waals surface area contributed by atoms with Gasteiger partial charge in [-0.05, 0) is 21.9 Å². The third-order valence-corrected chi connectivity index (χ3v) is 3.08. The highest BCUT2D eigenvalue weighted by Crippen LogP contribution is 2.20. The number of rotatable bonds is 2. The van der Waals surface area contributed by atoms with Crippen LogP contribution in [-0.2, 0) is 0 Å². The van der Waals surface area contributed by atoms with Gasteiger partial charge < -0.3 is 0 Å². The van der Waals surface area contributed by atoms with E-state index in [1.54, 1.807) is 0 Å². The van der Waals surface area contributed by atoms with E-state index in [0.717, 1.165) is 0 Å². The van der Waals surface area contributed by atoms with E-state index in [9.17, 15) is 0 Å². The van der Waals surface area contributed by atoms with E-state index in [1.807, 2.05) is 6.07 Å². The number of hydrogen-bond acceptors (Lipinski definition) is 0. The molecule has 86 valence electrons. The zero-order valence-electron chi connectivity index (χ0n) is 10.1. The van der Waals surface area contributed by atoms with Crippen molar-refractivity contribution in [1.29, 1.82) is 0 Å². The molecule has 0 nitrogen and oxygen atoms in total. The summed E-state index contributed by atoms with van der Waals surface area (Å²) in [6, 6.07) is 25.3. The maximum Gasteiger partial charge on any atom is -0.0111 e. The topological polar surface area (TPSA) is 0 Å². The highest BCUT2D eigenvalue weighted by atomic mass is 14.0. The van der Waals surface area contributed by atoms with Crippen molar-refractivity contribution in [3.8, 4) is 0 Å². The van der Waals surface area contributed by atoms with Crippen LogP contribution in [0.3, 0.4) is 0 Å². The van der Waals surface area contributed by atoms with Crippen LogP contribution < -0.4 is 0 Å². The molecule has 18 heavy (non-hydrogen) atoms. The van der Waals surface area contributed by atoms with E-state index in [4.69, 9.17) is 0 Å². The summed E-state index contributed by atoms with van der Waals surface area (Å²) in [7, 11) is 0. The Labute approximate surface area is 107 Å². The van der Waals surface area contributed by atoms with Gasteiger partial charge in [-0.25, -0.2) is 0 Å². The minimum absolute atomic E-state index is 1.23. The maximum absolute atomic E-state index is 2.18. The molecule has 0 heteroatoms. The zero-order valence-corrected chi connectivity index (χ0v) is 10.1. The van der Waals surface area contributed by atoms with Crippen molar-refractivity contribution in [3.05, 3.63) is 83.9 Å². The van der Waals surface area contributed by atoms with Crippen molar-refractivity contribution in [2.24, 2.45) is 0 Å². The van der Waals surface area contributed by atoms with Gasteiger partial charge in [0, 0.05) is 0 Å². The molecule has 0 saturated carbocycles. The average molecular weight is 230 g/mol. The molecule has 0 N–H and O–H groups in total. The van der Waals surface area contributed by atoms with E-state index >= 15 is 0 Å². The largest absolute Gasteiger partial charge is 0.0622 e. The zero-order chi connectivity index (χ0) is 12.2. The van der Waals surface area contributed by atoms with Crippen LogP contribution in [0.4, 0.5) is 0 Å². The number of hydrogen-bond donors (Lipinski definition) is 0. The van der Waals surface area contributed by atoms with E-state index < -0.39 is 0 Å². The Bertz CT molecular complexity index is 673. The second kappa shape index (κ2) is 4.89. The van der Waals surface area contributed by atoms with Crippen molar-refractivity contribution in [1.82, 2.24) is 0 Å². The highest BCUT2D eigenvalue weighted by Gasteiger charge is 1.95. The van der Waals surface area contributed by atoms with Crippen molar-refractivity contribution in [2.75, 3.05) is 0 Å². The summed E-state index contributed by atoms with van der Waals surface area (Å²) in [5.74, 6) is 0. The van der Waals surface area contributed by atoms with Gasteiger partial charge in [0.15, 0.2) is 0 Å². The quantitative estimate of drug-likeness (QED) is 0.543. The third kappa shape index (κ3) is 2.18. The van der Waals surface area contributed by atoms with Crippen molar-refractivity contribution in [2.45, 2.75) is 0 Å². The Kier molecular flexibility index (Phi) is 2.93. The molecule has 0 bridgehead atoms. The molecule has 0 saturated heterocycles. The minimum Gasteiger partial charge on any atom is -0.0622 e. The van der Waals surface area contributed by atoms with Crippen LogP contribution in [-0.4, -0.2) is 0 Å². The average Bonchev–Trinajstić information content (AvgIpc) is 2.46. The first-order valence-corrected chi connectivity index (χ1v) is 6.14. The van der Waals surface area contributed by atoms with Gasteiger partial charge in [-0.15, -0.1) is 0 Å². The SMILES string of the molecule is C(=C\c1cccc2ccccc12)/c1ccccc1. The van der Waals surface area contributed by atoms with Crippen LogP contribution in [0.15, 0.2) is 72.8 Å². The van der Waals surface area contributed by atoms with Gasteiger partial charge in [-0.1, -0.05) is 84.9 Å². The normalized spacial score (nSPS) is 11.1. The molecule has 0 atom stereocenters. The first kappa shape index (κ1) is 10.8. The Morgan fingerprint density at radius 1 is 0.556 bits per heavy atom. The molecule has 0 aliphatic carbocycles. The van der Waals surface area contributed by atoms with Crippen molar-refractivity contribution >= 4 is 22.9 Å². The number of fused-ring (bicyclic) bond motifs is 1. The highest BCUT2D eigenvalue weighted by molar-refractivity contribution is 5.92. The smallest absolute Gasteiger partial charge is 0.0111 e. The molecule has 0 unspecified atom stereocenters. The van der Waals surface area contributed by atoms with Gasteiger partial charge in [-0.3, -0.25) is 0 Å². The Balaban J connectivity index is 2.03. The van der Waals surface area contributed by atoms with E-state index in [2.05, 4.69) is 78.9 Å². The Morgan fingerprint density at radius 3 is 2.17 bits per heavy atom. The standard InChI is InChI=1S/C18H14/c1-2-7-15(8-3-1)13-14-17-11-6-10-16-9-4-5-12-18(16)17/h1-14H/b14-13+. The predicted octanol–water partition coefficient (Wildman–Crippen LogP) is 5.01. The van der Waals surface area contributed by atoms with Gasteiger partial charge in [-0.2, -0.15) is 0 Å². The molecule has 0 aliphatic rings. The second-order valence-corrected chi connectivity index (χ2v) is 4.31. The van der Waals surface area contributed by atoms with Gasteiger partial charge in [0.25, 0.3) is 0 Å². The molecular weight excluding hydrogens is 216 g/mol. The summed E-state index contributed by atoms with van der Waals surface area (Å²) in [6.45, 7) is 0. The van der Waals surface area contributed by atoms with Crippen LogP contribution in [0.1, 0.15) is 11.1 Å². The molecule has 0 aromatic heterocycles. The molecule has 0 amide bonds. The minimum atomic E-state index is 1.23. The summed E-state index contributed by atoms with van der Waals surface area (Å²) in [5, 5.41) is 2.58. The Morgan fingerprint density at radius 2 is 1.28 bits per heavy atom. The van der Waals surface area contributed by atoms with Crippen LogP contribution in [0.25, 0.3) is 22.9 Å². The van der Waals surface area contributed by atoms with Crippen LogP contribution in [0.2, 0.25) is 0 Å². The first-order chi connectivity index (χ1) is 8.93.